The maximum Gasteiger partial charge on any atom is 0.421 e. The average molecular weight is 432 g/mol. The Morgan fingerprint density at radius 3 is 2.48 bits per heavy atom. The molecule has 1 N–H and O–H groups in total. The number of alkyl halides is 3. The van der Waals surface area contributed by atoms with Crippen LogP contribution in [-0.2, 0) is 19.6 Å². The zero-order chi connectivity index (χ0) is 22.6. The highest BCUT2D eigenvalue weighted by molar-refractivity contribution is 5.64. The summed E-state index contributed by atoms with van der Waals surface area (Å²) < 4.78 is 46.1. The smallest absolute Gasteiger partial charge is 0.421 e. The van der Waals surface area contributed by atoms with Crippen LogP contribution in [0.2, 0.25) is 0 Å². The Morgan fingerprint density at radius 2 is 1.87 bits per heavy atom. The van der Waals surface area contributed by atoms with Crippen molar-refractivity contribution in [3.05, 3.63) is 82.5 Å². The molecule has 3 aromatic rings. The Hall–Kier alpha value is -3.13. The van der Waals surface area contributed by atoms with Crippen LogP contribution in [0.3, 0.4) is 0 Å². The SMILES string of the molecule is CC(Oc1ccc(-c2cc(C(F)(F)F)c(=O)n(C)c2)cc1)C(O)CCc1cccnc1. The lowest BCUT2D eigenvalue weighted by Crippen LogP contribution is -2.29. The van der Waals surface area contributed by atoms with Crippen molar-refractivity contribution in [3.8, 4) is 16.9 Å². The Morgan fingerprint density at radius 1 is 1.16 bits per heavy atom. The van der Waals surface area contributed by atoms with Crippen molar-refractivity contribution in [2.45, 2.75) is 38.1 Å². The van der Waals surface area contributed by atoms with E-state index in [0.29, 0.717) is 24.2 Å². The highest BCUT2D eigenvalue weighted by Crippen LogP contribution is 2.30. The largest absolute Gasteiger partial charge is 0.488 e. The van der Waals surface area contributed by atoms with E-state index < -0.39 is 29.5 Å². The number of hydrogen-bond donors (Lipinski definition) is 1. The molecule has 0 fully saturated rings. The fraction of sp³-hybridized carbons (Fsp3) is 0.304. The van der Waals surface area contributed by atoms with Crippen molar-refractivity contribution < 1.29 is 23.0 Å². The van der Waals surface area contributed by atoms with Crippen LogP contribution in [0, 0.1) is 0 Å². The first-order valence-electron chi connectivity index (χ1n) is 9.77. The molecule has 3 rings (SSSR count). The number of rotatable bonds is 7. The Kier molecular flexibility index (Phi) is 6.80. The van der Waals surface area contributed by atoms with E-state index in [2.05, 4.69) is 4.98 Å². The lowest BCUT2D eigenvalue weighted by Gasteiger charge is -2.21. The van der Waals surface area contributed by atoms with Crippen LogP contribution >= 0.6 is 0 Å². The van der Waals surface area contributed by atoms with Gasteiger partial charge in [0, 0.05) is 25.6 Å². The Bertz CT molecular complexity index is 1060. The van der Waals surface area contributed by atoms with Crippen LogP contribution < -0.4 is 10.3 Å². The molecular weight excluding hydrogens is 409 g/mol. The van der Waals surface area contributed by atoms with Crippen LogP contribution in [-0.4, -0.2) is 26.9 Å². The van der Waals surface area contributed by atoms with Crippen LogP contribution in [0.4, 0.5) is 13.2 Å². The summed E-state index contributed by atoms with van der Waals surface area (Å²) in [5, 5.41) is 10.4. The molecule has 0 aliphatic carbocycles. The molecule has 2 unspecified atom stereocenters. The van der Waals surface area contributed by atoms with Gasteiger partial charge >= 0.3 is 6.18 Å². The summed E-state index contributed by atoms with van der Waals surface area (Å²) in [6.07, 6.45) is 0.0661. The molecule has 1 aromatic carbocycles. The molecule has 0 amide bonds. The summed E-state index contributed by atoms with van der Waals surface area (Å²) in [5.74, 6) is 0.484. The van der Waals surface area contributed by atoms with Crippen molar-refractivity contribution in [3.63, 3.8) is 0 Å². The molecule has 0 saturated heterocycles. The van der Waals surface area contributed by atoms with Crippen molar-refractivity contribution in [1.82, 2.24) is 9.55 Å². The summed E-state index contributed by atoms with van der Waals surface area (Å²) in [4.78, 5) is 15.8. The minimum atomic E-state index is -4.73. The number of ether oxygens (including phenoxy) is 1. The number of aromatic nitrogens is 2. The number of pyridine rings is 2. The summed E-state index contributed by atoms with van der Waals surface area (Å²) in [6, 6.07) is 11.1. The molecule has 0 spiro atoms. The van der Waals surface area contributed by atoms with Gasteiger partial charge in [0.15, 0.2) is 0 Å². The second-order valence-electron chi connectivity index (χ2n) is 7.37. The molecule has 5 nitrogen and oxygen atoms in total. The molecule has 2 heterocycles. The number of benzene rings is 1. The lowest BCUT2D eigenvalue weighted by atomic mass is 10.0. The number of aliphatic hydroxyl groups is 1. The molecule has 0 aliphatic heterocycles. The van der Waals surface area contributed by atoms with Gasteiger partial charge in [-0.15, -0.1) is 0 Å². The Balaban J connectivity index is 1.67. The zero-order valence-corrected chi connectivity index (χ0v) is 17.1. The van der Waals surface area contributed by atoms with Crippen molar-refractivity contribution >= 4 is 0 Å². The topological polar surface area (TPSA) is 64.3 Å². The first kappa shape index (κ1) is 22.6. The van der Waals surface area contributed by atoms with E-state index in [0.717, 1.165) is 16.2 Å². The lowest BCUT2D eigenvalue weighted by molar-refractivity contribution is -0.138. The van der Waals surface area contributed by atoms with E-state index in [4.69, 9.17) is 4.74 Å². The molecule has 0 saturated carbocycles. The van der Waals surface area contributed by atoms with Gasteiger partial charge in [0.25, 0.3) is 5.56 Å². The first-order chi connectivity index (χ1) is 14.6. The summed E-state index contributed by atoms with van der Waals surface area (Å²) >= 11 is 0. The monoisotopic (exact) mass is 432 g/mol. The fourth-order valence-electron chi connectivity index (χ4n) is 3.19. The molecule has 0 aliphatic rings. The molecule has 0 bridgehead atoms. The van der Waals surface area contributed by atoms with E-state index in [1.54, 1.807) is 43.6 Å². The third-order valence-corrected chi connectivity index (χ3v) is 4.99. The van der Waals surface area contributed by atoms with E-state index in [1.807, 2.05) is 12.1 Å². The second-order valence-corrected chi connectivity index (χ2v) is 7.37. The summed E-state index contributed by atoms with van der Waals surface area (Å²) in [6.45, 7) is 1.75. The molecule has 2 aromatic heterocycles. The minimum absolute atomic E-state index is 0.269. The maximum absolute atomic E-state index is 13.1. The van der Waals surface area contributed by atoms with Crippen LogP contribution in [0.15, 0.2) is 65.8 Å². The second kappa shape index (κ2) is 9.34. The van der Waals surface area contributed by atoms with Crippen molar-refractivity contribution in [2.24, 2.45) is 7.05 Å². The van der Waals surface area contributed by atoms with Gasteiger partial charge in [-0.3, -0.25) is 9.78 Å². The quantitative estimate of drug-likeness (QED) is 0.607. The van der Waals surface area contributed by atoms with Gasteiger partial charge < -0.3 is 14.4 Å². The van der Waals surface area contributed by atoms with Crippen LogP contribution in [0.25, 0.3) is 11.1 Å². The van der Waals surface area contributed by atoms with E-state index in [-0.39, 0.29) is 5.56 Å². The standard InChI is InChI=1S/C23H23F3N2O3/c1-15(21(29)10-5-16-4-3-11-27-13-16)31-19-8-6-17(7-9-19)18-12-20(23(24,25)26)22(30)28(2)14-18/h3-4,6-9,11-15,21,29H,5,10H2,1-2H3. The average Bonchev–Trinajstić information content (AvgIpc) is 2.74. The highest BCUT2D eigenvalue weighted by atomic mass is 19.4. The summed E-state index contributed by atoms with van der Waals surface area (Å²) in [7, 11) is 1.28. The normalized spacial score (nSPS) is 13.6. The van der Waals surface area contributed by atoms with Gasteiger partial charge in [-0.25, -0.2) is 0 Å². The Labute approximate surface area is 177 Å². The van der Waals surface area contributed by atoms with Crippen LogP contribution in [0.5, 0.6) is 5.75 Å². The summed E-state index contributed by atoms with van der Waals surface area (Å²) in [5.41, 5.74) is -0.499. The van der Waals surface area contributed by atoms with Gasteiger partial charge in [-0.2, -0.15) is 13.2 Å². The third kappa shape index (κ3) is 5.73. The molecule has 31 heavy (non-hydrogen) atoms. The first-order valence-corrected chi connectivity index (χ1v) is 9.77. The number of nitrogens with zero attached hydrogens (tertiary/aromatic N) is 2. The molecule has 2 atom stereocenters. The van der Waals surface area contributed by atoms with Gasteiger partial charge in [-0.05, 0) is 60.7 Å². The molecular formula is C23H23F3N2O3. The predicted octanol–water partition coefficient (Wildman–Crippen LogP) is 4.23. The van der Waals surface area contributed by atoms with Crippen molar-refractivity contribution in [1.29, 1.82) is 0 Å². The predicted molar refractivity (Wildman–Crippen MR) is 111 cm³/mol. The van der Waals surface area contributed by atoms with Gasteiger partial charge in [-0.1, -0.05) is 18.2 Å². The number of aryl methyl sites for hydroxylation is 2. The number of hydrogen-bond acceptors (Lipinski definition) is 4. The van der Waals surface area contributed by atoms with Crippen molar-refractivity contribution in [2.75, 3.05) is 0 Å². The van der Waals surface area contributed by atoms with Gasteiger partial charge in [0.2, 0.25) is 0 Å². The molecule has 0 radical (unpaired) electrons. The fourth-order valence-corrected chi connectivity index (χ4v) is 3.19. The van der Waals surface area contributed by atoms with Crippen LogP contribution in [0.1, 0.15) is 24.5 Å². The van der Waals surface area contributed by atoms with E-state index in [1.165, 1.54) is 13.2 Å². The zero-order valence-electron chi connectivity index (χ0n) is 17.1. The van der Waals surface area contributed by atoms with Gasteiger partial charge in [0.1, 0.15) is 17.4 Å². The minimum Gasteiger partial charge on any atom is -0.488 e. The maximum atomic E-state index is 13.1. The van der Waals surface area contributed by atoms with E-state index in [9.17, 15) is 23.1 Å². The number of aliphatic hydroxyl groups excluding tert-OH is 1. The molecule has 8 heteroatoms. The van der Waals surface area contributed by atoms with Gasteiger partial charge in [0.05, 0.1) is 6.10 Å². The number of halogens is 3. The highest BCUT2D eigenvalue weighted by Gasteiger charge is 2.34. The van der Waals surface area contributed by atoms with E-state index >= 15 is 0 Å². The third-order valence-electron chi connectivity index (χ3n) is 4.99. The molecule has 164 valence electrons.